The van der Waals surface area contributed by atoms with E-state index in [0.29, 0.717) is 31.7 Å². The number of hydrogen-bond donors (Lipinski definition) is 3. The molecule has 0 bridgehead atoms. The maximum absolute atomic E-state index is 15.0. The number of nitrogens with one attached hydrogen (secondary N) is 3. The number of pyridine rings is 1. The van der Waals surface area contributed by atoms with Crippen LogP contribution in [0.25, 0.3) is 0 Å². The maximum Gasteiger partial charge on any atom is 0.351 e. The number of methoxy groups -OCH3 is 1. The topological polar surface area (TPSA) is 133 Å². The molecule has 11 nitrogen and oxygen atoms in total. The summed E-state index contributed by atoms with van der Waals surface area (Å²) in [6, 6.07) is 3.65. The number of carbonyl (C=O) groups excluding carboxylic acids is 4. The lowest BCUT2D eigenvalue weighted by atomic mass is 10.0. The van der Waals surface area contributed by atoms with Crippen molar-refractivity contribution in [1.82, 2.24) is 25.4 Å². The smallest absolute Gasteiger partial charge is 0.351 e. The van der Waals surface area contributed by atoms with Gasteiger partial charge in [0.05, 0.1) is 12.8 Å². The van der Waals surface area contributed by atoms with Gasteiger partial charge < -0.3 is 30.5 Å². The van der Waals surface area contributed by atoms with Gasteiger partial charge in [0.2, 0.25) is 23.6 Å². The Balaban J connectivity index is 1.64. The van der Waals surface area contributed by atoms with Crippen LogP contribution in [0.1, 0.15) is 31.4 Å². The Morgan fingerprint density at radius 3 is 2.33 bits per heavy atom. The second-order valence-electron chi connectivity index (χ2n) is 9.97. The number of amides is 4. The van der Waals surface area contributed by atoms with Crippen molar-refractivity contribution < 1.29 is 37.1 Å². The summed E-state index contributed by atoms with van der Waals surface area (Å²) in [6.45, 7) is 5.23. The van der Waals surface area contributed by atoms with Gasteiger partial charge in [-0.1, -0.05) is 13.0 Å². The Bertz CT molecular complexity index is 1290. The van der Waals surface area contributed by atoms with Gasteiger partial charge in [0, 0.05) is 56.8 Å². The molecule has 1 aliphatic rings. The van der Waals surface area contributed by atoms with Crippen LogP contribution in [0, 0.1) is 5.82 Å². The van der Waals surface area contributed by atoms with Crippen molar-refractivity contribution in [2.45, 2.75) is 44.7 Å². The first-order chi connectivity index (χ1) is 19.8. The molecule has 42 heavy (non-hydrogen) atoms. The fourth-order valence-electron chi connectivity index (χ4n) is 4.18. The summed E-state index contributed by atoms with van der Waals surface area (Å²) in [5.41, 5.74) is -0.562. The van der Waals surface area contributed by atoms with E-state index in [2.05, 4.69) is 20.5 Å². The summed E-state index contributed by atoms with van der Waals surface area (Å²) in [6.07, 6.45) is 0.977. The Labute approximate surface area is 241 Å². The number of nitrogens with zero attached hydrogens (tertiary/aromatic N) is 3. The normalized spacial score (nSPS) is 15.4. The number of benzene rings is 1. The van der Waals surface area contributed by atoms with Crippen LogP contribution in [0.5, 0.6) is 5.88 Å². The quantitative estimate of drug-likeness (QED) is 0.362. The molecule has 2 atom stereocenters. The molecule has 2 heterocycles. The lowest BCUT2D eigenvalue weighted by molar-refractivity contribution is -0.148. The second-order valence-corrected chi connectivity index (χ2v) is 9.97. The number of piperazine rings is 1. The highest BCUT2D eigenvalue weighted by Crippen LogP contribution is 2.28. The maximum atomic E-state index is 15.0. The predicted molar refractivity (Wildman–Crippen MR) is 147 cm³/mol. The summed E-state index contributed by atoms with van der Waals surface area (Å²) in [5.74, 6) is -8.02. The number of anilines is 1. The van der Waals surface area contributed by atoms with Crippen molar-refractivity contribution in [2.24, 2.45) is 0 Å². The number of carbonyl (C=O) groups is 4. The van der Waals surface area contributed by atoms with E-state index in [1.165, 1.54) is 32.2 Å². The van der Waals surface area contributed by atoms with Crippen LogP contribution in [-0.4, -0.2) is 90.8 Å². The van der Waals surface area contributed by atoms with Crippen LogP contribution in [0.15, 0.2) is 36.5 Å². The lowest BCUT2D eigenvalue weighted by Crippen LogP contribution is -2.54. The molecule has 3 N–H and O–H groups in total. The summed E-state index contributed by atoms with van der Waals surface area (Å²) < 4.78 is 49.0. The lowest BCUT2D eigenvalue weighted by Gasteiger charge is -2.34. The number of hydrogen-bond acceptors (Lipinski definition) is 7. The number of likely N-dealkylation sites (N-methyl/N-ethyl adjacent to an activating group) is 1. The second kappa shape index (κ2) is 14.1. The summed E-state index contributed by atoms with van der Waals surface area (Å²) >= 11 is 0. The average molecular weight is 593 g/mol. The van der Waals surface area contributed by atoms with Crippen molar-refractivity contribution in [3.8, 4) is 5.88 Å². The molecule has 1 saturated heterocycles. The molecule has 0 spiro atoms. The molecule has 228 valence electrons. The van der Waals surface area contributed by atoms with Crippen molar-refractivity contribution in [3.63, 3.8) is 0 Å². The van der Waals surface area contributed by atoms with Gasteiger partial charge in [0.1, 0.15) is 17.9 Å². The summed E-state index contributed by atoms with van der Waals surface area (Å²) in [7, 11) is 3.26. The van der Waals surface area contributed by atoms with Crippen molar-refractivity contribution in [3.05, 3.63) is 53.5 Å². The van der Waals surface area contributed by atoms with E-state index < -0.39 is 41.2 Å². The molecule has 0 aliphatic carbocycles. The Kier molecular flexibility index (Phi) is 10.9. The molecule has 14 heteroatoms. The highest BCUT2D eigenvalue weighted by Gasteiger charge is 2.42. The average Bonchev–Trinajstić information content (AvgIpc) is 2.97. The van der Waals surface area contributed by atoms with Crippen LogP contribution in [-0.2, 0) is 31.5 Å². The zero-order valence-corrected chi connectivity index (χ0v) is 23.9. The predicted octanol–water partition coefficient (Wildman–Crippen LogP) is 1.68. The Morgan fingerprint density at radius 2 is 1.76 bits per heavy atom. The number of rotatable bonds is 11. The molecule has 1 aromatic carbocycles. The number of aromatic nitrogens is 1. The van der Waals surface area contributed by atoms with Gasteiger partial charge >= 0.3 is 5.92 Å². The third-order valence-corrected chi connectivity index (χ3v) is 6.83. The van der Waals surface area contributed by atoms with Gasteiger partial charge in [0.15, 0.2) is 0 Å². The number of ether oxygens (including phenoxy) is 1. The molecule has 0 unspecified atom stereocenters. The van der Waals surface area contributed by atoms with E-state index in [-0.39, 0.29) is 36.2 Å². The van der Waals surface area contributed by atoms with Gasteiger partial charge in [-0.05, 0) is 37.7 Å². The first kappa shape index (κ1) is 32.3. The highest BCUT2D eigenvalue weighted by molar-refractivity contribution is 5.98. The monoisotopic (exact) mass is 592 g/mol. The Morgan fingerprint density at radius 1 is 1.07 bits per heavy atom. The largest absolute Gasteiger partial charge is 0.481 e. The Hall–Kier alpha value is -4.20. The number of halogens is 3. The van der Waals surface area contributed by atoms with Crippen LogP contribution >= 0.6 is 0 Å². The van der Waals surface area contributed by atoms with Crippen LogP contribution < -0.4 is 20.7 Å². The van der Waals surface area contributed by atoms with E-state index in [4.69, 9.17) is 4.74 Å². The van der Waals surface area contributed by atoms with Gasteiger partial charge in [0.25, 0.3) is 5.91 Å². The van der Waals surface area contributed by atoms with Crippen LogP contribution in [0.3, 0.4) is 0 Å². The fraction of sp³-hybridized carbons (Fsp3) is 0.464. The van der Waals surface area contributed by atoms with Gasteiger partial charge in [-0.2, -0.15) is 8.78 Å². The molecule has 1 aromatic heterocycles. The molecule has 2 aromatic rings. The zero-order chi connectivity index (χ0) is 31.0. The van der Waals surface area contributed by atoms with Gasteiger partial charge in [-0.3, -0.25) is 19.2 Å². The summed E-state index contributed by atoms with van der Waals surface area (Å²) in [4.78, 5) is 57.5. The summed E-state index contributed by atoms with van der Waals surface area (Å²) in [5, 5.41) is 6.90. The fourth-order valence-corrected chi connectivity index (χ4v) is 4.18. The van der Waals surface area contributed by atoms with Gasteiger partial charge in [-0.15, -0.1) is 0 Å². The highest BCUT2D eigenvalue weighted by atomic mass is 19.3. The van der Waals surface area contributed by atoms with Crippen LogP contribution in [0.4, 0.5) is 18.9 Å². The third kappa shape index (κ3) is 8.18. The van der Waals surface area contributed by atoms with Crippen molar-refractivity contribution in [2.75, 3.05) is 45.7 Å². The molecule has 1 fully saturated rings. The molecule has 0 radical (unpaired) electrons. The minimum atomic E-state index is -3.99. The SMILES string of the molecule is CCC(=O)N[C@H](Cc1ccc(NC(=O)[C@H](C)NC(=O)C(F)(F)c2ccc(OC)nc2)c(F)c1)C(=O)N1CCN(C)CC1. The van der Waals surface area contributed by atoms with E-state index >= 15 is 0 Å². The zero-order valence-electron chi connectivity index (χ0n) is 23.9. The molecular formula is C28H35F3N6O5. The molecule has 1 aliphatic heterocycles. The standard InChI is InChI=1S/C28H35F3N6O5/c1-5-23(38)34-22(26(40)37-12-10-36(3)11-13-37)15-18-6-8-21(20(29)14-18)35-25(39)17(2)33-27(41)28(30,31)19-7-9-24(42-4)32-16-19/h6-9,14,16-17,22H,5,10-13,15H2,1-4H3,(H,33,41)(H,34,38)(H,35,39)/t17-,22+/m0/s1. The van der Waals surface area contributed by atoms with E-state index in [1.54, 1.807) is 11.8 Å². The van der Waals surface area contributed by atoms with Crippen LogP contribution in [0.2, 0.25) is 0 Å². The molecule has 4 amide bonds. The minimum absolute atomic E-state index is 0.0177. The molecule has 3 rings (SSSR count). The van der Waals surface area contributed by atoms with Crippen molar-refractivity contribution in [1.29, 1.82) is 0 Å². The molecule has 0 saturated carbocycles. The van der Waals surface area contributed by atoms with E-state index in [0.717, 1.165) is 18.3 Å². The first-order valence-corrected chi connectivity index (χ1v) is 13.4. The molecular weight excluding hydrogens is 557 g/mol. The third-order valence-electron chi connectivity index (χ3n) is 6.83. The first-order valence-electron chi connectivity index (χ1n) is 13.4. The number of alkyl halides is 2. The minimum Gasteiger partial charge on any atom is -0.481 e. The van der Waals surface area contributed by atoms with E-state index in [9.17, 15) is 32.3 Å². The van der Waals surface area contributed by atoms with E-state index in [1.807, 2.05) is 12.4 Å². The van der Waals surface area contributed by atoms with Crippen molar-refractivity contribution >= 4 is 29.3 Å². The van der Waals surface area contributed by atoms with Gasteiger partial charge in [-0.25, -0.2) is 9.37 Å².